The van der Waals surface area contributed by atoms with E-state index in [1.165, 1.54) is 22.2 Å². The molecular weight excluding hydrogens is 841 g/mol. The van der Waals surface area contributed by atoms with Crippen molar-refractivity contribution >= 4 is 66.7 Å². The zero-order valence-corrected chi connectivity index (χ0v) is 37.1. The largest absolute Gasteiger partial charge is 0.508 e. The first kappa shape index (κ1) is 42.2. The van der Waals surface area contributed by atoms with Crippen molar-refractivity contribution in [1.29, 1.82) is 0 Å². The molecule has 2 saturated carbocycles. The number of ether oxygens (including phenoxy) is 1. The lowest BCUT2D eigenvalue weighted by atomic mass is 9.83. The molecule has 4 N–H and O–H groups in total. The molecule has 0 radical (unpaired) electrons. The van der Waals surface area contributed by atoms with Gasteiger partial charge in [0.1, 0.15) is 41.2 Å². The average molecular weight is 891 g/mol. The number of carbonyl (C=O) groups is 4. The van der Waals surface area contributed by atoms with Crippen molar-refractivity contribution in [3.8, 4) is 11.5 Å². The van der Waals surface area contributed by atoms with Crippen LogP contribution in [0, 0.1) is 0 Å². The molecule has 9 aromatic rings. The number of nitrogens with one attached hydrogen (secondary N) is 2. The van der Waals surface area contributed by atoms with Crippen LogP contribution in [0.1, 0.15) is 88.3 Å². The van der Waals surface area contributed by atoms with Crippen LogP contribution in [0.15, 0.2) is 128 Å². The average Bonchev–Trinajstić information content (AvgIpc) is 4.21. The van der Waals surface area contributed by atoms with Gasteiger partial charge in [0.05, 0.1) is 47.5 Å². The number of rotatable bonds is 7. The molecule has 2 fully saturated rings. The van der Waals surface area contributed by atoms with E-state index in [0.29, 0.717) is 6.61 Å². The maximum atomic E-state index is 13.3. The van der Waals surface area contributed by atoms with Crippen LogP contribution >= 0.6 is 0 Å². The number of para-hydroxylation sites is 2. The third kappa shape index (κ3) is 7.16. The highest BCUT2D eigenvalue weighted by atomic mass is 16.5. The Kier molecular flexibility index (Phi) is 10.7. The molecule has 336 valence electrons. The van der Waals surface area contributed by atoms with Crippen LogP contribution in [0.25, 0.3) is 43.6 Å². The fourth-order valence-electron chi connectivity index (χ4n) is 11.6. The van der Waals surface area contributed by atoms with E-state index in [-0.39, 0.29) is 41.7 Å². The van der Waals surface area contributed by atoms with Gasteiger partial charge in [0.15, 0.2) is 0 Å². The second kappa shape index (κ2) is 17.1. The highest BCUT2D eigenvalue weighted by Crippen LogP contribution is 2.49. The summed E-state index contributed by atoms with van der Waals surface area (Å²) in [7, 11) is 1.00. The summed E-state index contributed by atoms with van der Waals surface area (Å²) in [5.74, 6) is -0.972. The Morgan fingerprint density at radius 3 is 1.58 bits per heavy atom. The van der Waals surface area contributed by atoms with Crippen molar-refractivity contribution in [3.63, 3.8) is 0 Å². The van der Waals surface area contributed by atoms with E-state index < -0.39 is 23.7 Å². The van der Waals surface area contributed by atoms with Crippen LogP contribution in [0.4, 0.5) is 0 Å². The predicted octanol–water partition coefficient (Wildman–Crippen LogP) is 9.85. The number of nitrogens with zero attached hydrogens (tertiary/aromatic N) is 2. The van der Waals surface area contributed by atoms with Gasteiger partial charge in [-0.05, 0) is 88.9 Å². The van der Waals surface area contributed by atoms with Crippen molar-refractivity contribution in [2.45, 2.75) is 81.9 Å². The molecule has 4 aliphatic rings. The molecular formula is C56H50N4O7. The molecule has 0 spiro atoms. The molecule has 0 amide bonds. The number of hydrogen-bond donors (Lipinski definition) is 4. The topological polar surface area (TPSA) is 159 Å². The number of phenolic OH excluding ortho intramolecular Hbond substituents is 1. The number of H-pyrrole nitrogens is 2. The molecule has 6 heterocycles. The molecule has 67 heavy (non-hydrogen) atoms. The van der Waals surface area contributed by atoms with Gasteiger partial charge in [0.2, 0.25) is 0 Å². The molecule has 0 saturated heterocycles. The Balaban J connectivity index is 0.000000145. The summed E-state index contributed by atoms with van der Waals surface area (Å²) in [5.41, 5.74) is 11.6. The van der Waals surface area contributed by atoms with E-state index >= 15 is 0 Å². The van der Waals surface area contributed by atoms with Gasteiger partial charge in [-0.1, -0.05) is 66.7 Å². The molecule has 5 aromatic carbocycles. The molecule has 11 nitrogen and oxygen atoms in total. The van der Waals surface area contributed by atoms with Crippen molar-refractivity contribution in [2.24, 2.45) is 0 Å². The number of hydrogen-bond acceptors (Lipinski definition) is 7. The molecule has 0 bridgehead atoms. The minimum Gasteiger partial charge on any atom is -0.508 e. The molecule has 13 rings (SSSR count). The highest BCUT2D eigenvalue weighted by Gasteiger charge is 2.47. The first-order valence-electron chi connectivity index (χ1n) is 23.1. The Bertz CT molecular complexity index is 3420. The molecule has 0 unspecified atom stereocenters. The van der Waals surface area contributed by atoms with E-state index in [4.69, 9.17) is 9.84 Å². The zero-order chi connectivity index (χ0) is 45.9. The number of aromatic hydroxyl groups is 1. The number of benzene rings is 5. The number of carbonyl (C=O) groups excluding carboxylic acids is 4. The monoisotopic (exact) mass is 890 g/mol. The van der Waals surface area contributed by atoms with Gasteiger partial charge in [-0.15, -0.1) is 0 Å². The number of aromatic amines is 2. The van der Waals surface area contributed by atoms with Gasteiger partial charge in [0, 0.05) is 89.7 Å². The van der Waals surface area contributed by atoms with Crippen molar-refractivity contribution in [2.75, 3.05) is 7.11 Å². The lowest BCUT2D eigenvalue weighted by Gasteiger charge is -2.17. The maximum Gasteiger partial charge on any atom is 0.148 e. The summed E-state index contributed by atoms with van der Waals surface area (Å²) in [6, 6.07) is 33.7. The number of aromatic nitrogens is 4. The van der Waals surface area contributed by atoms with E-state index in [1.54, 1.807) is 12.1 Å². The van der Waals surface area contributed by atoms with Crippen LogP contribution in [0.3, 0.4) is 0 Å². The summed E-state index contributed by atoms with van der Waals surface area (Å²) in [4.78, 5) is 59.1. The Labute approximate surface area is 386 Å². The summed E-state index contributed by atoms with van der Waals surface area (Å²) in [6.45, 7) is 2.38. The third-order valence-corrected chi connectivity index (χ3v) is 14.4. The molecule has 4 atom stereocenters. The SMILES string of the molecule is CO.O=C1CC(=O)[C@@H](c2cn3c4c(cccc24)CCC3)[C@@H]1c1c[nH]c2cc(O)ccc12.O=C1CC(=O)[C@@H](c2cn3c4c(cccc24)CCC3)[C@@H]1c1c[nH]c2cc(OCc3ccccc3)ccc12. The lowest BCUT2D eigenvalue weighted by Crippen LogP contribution is -2.14. The van der Waals surface area contributed by atoms with Gasteiger partial charge in [-0.25, -0.2) is 0 Å². The van der Waals surface area contributed by atoms with Crippen LogP contribution in [0.2, 0.25) is 0 Å². The number of aryl methyl sites for hydroxylation is 4. The second-order valence-electron chi connectivity index (χ2n) is 18.2. The van der Waals surface area contributed by atoms with Crippen LogP contribution in [-0.2, 0) is 51.7 Å². The number of phenols is 1. The first-order valence-corrected chi connectivity index (χ1v) is 23.1. The quantitative estimate of drug-likeness (QED) is 0.116. The fourth-order valence-corrected chi connectivity index (χ4v) is 11.6. The summed E-state index contributed by atoms with van der Waals surface area (Å²) < 4.78 is 10.5. The maximum absolute atomic E-state index is 13.3. The van der Waals surface area contributed by atoms with Gasteiger partial charge in [-0.2, -0.15) is 0 Å². The van der Waals surface area contributed by atoms with Crippen LogP contribution in [0.5, 0.6) is 11.5 Å². The highest BCUT2D eigenvalue weighted by molar-refractivity contribution is 6.17. The number of ketones is 4. The van der Waals surface area contributed by atoms with E-state index in [2.05, 4.69) is 67.9 Å². The van der Waals surface area contributed by atoms with Gasteiger partial charge in [-0.3, -0.25) is 19.2 Å². The van der Waals surface area contributed by atoms with Gasteiger partial charge < -0.3 is 34.1 Å². The van der Waals surface area contributed by atoms with E-state index in [9.17, 15) is 24.3 Å². The fraction of sp³-hybridized carbons (Fsp3) is 0.250. The predicted molar refractivity (Wildman–Crippen MR) is 258 cm³/mol. The normalized spacial score (nSPS) is 19.9. The van der Waals surface area contributed by atoms with Gasteiger partial charge >= 0.3 is 0 Å². The lowest BCUT2D eigenvalue weighted by molar-refractivity contribution is -0.123. The molecule has 11 heteroatoms. The Morgan fingerprint density at radius 2 is 1.04 bits per heavy atom. The summed E-state index contributed by atoms with van der Waals surface area (Å²) >= 11 is 0. The second-order valence-corrected chi connectivity index (χ2v) is 18.2. The first-order chi connectivity index (χ1) is 32.8. The molecule has 4 aromatic heterocycles. The standard InChI is InChI=1S/C31H26N2O3.C24H20N2O3.CH4O/c34-27-15-28(35)30(25-17-33-13-5-9-20-8-4-10-23(25)31(20)33)29(27)24-16-32-26-14-21(11-12-22(24)26)36-18-19-6-2-1-3-7-19;27-14-6-7-15-17(11-25-19(15)9-14)22-20(28)10-21(29)23(22)18-12-26-8-2-4-13-3-1-5-16(18)24(13)26;1-2/h1-4,6-8,10-12,14,16-17,29-30,32H,5,9,13,15,18H2;1,3,5-7,9,11-12,22-23,25,27H,2,4,8,10H2;2H,1H3/t29-,30-;22-,23-;/m11./s1. The van der Waals surface area contributed by atoms with Crippen LogP contribution < -0.4 is 4.74 Å². The summed E-state index contributed by atoms with van der Waals surface area (Å²) in [5, 5.41) is 20.8. The molecule has 2 aliphatic carbocycles. The van der Waals surface area contributed by atoms with E-state index in [0.717, 1.165) is 112 Å². The van der Waals surface area contributed by atoms with Gasteiger partial charge in [0.25, 0.3) is 0 Å². The van der Waals surface area contributed by atoms with Crippen LogP contribution in [-0.4, -0.2) is 59.6 Å². The molecule has 2 aliphatic heterocycles. The van der Waals surface area contributed by atoms with Crippen molar-refractivity contribution < 1.29 is 34.1 Å². The number of Topliss-reactive ketones (excluding diaryl/α,β-unsaturated/α-hetero) is 4. The zero-order valence-electron chi connectivity index (χ0n) is 37.1. The summed E-state index contributed by atoms with van der Waals surface area (Å²) in [6.07, 6.45) is 12.2. The number of aliphatic hydroxyl groups excluding tert-OH is 1. The van der Waals surface area contributed by atoms with E-state index in [1.807, 2.05) is 67.0 Å². The minimum atomic E-state index is -0.496. The third-order valence-electron chi connectivity index (χ3n) is 14.4. The minimum absolute atomic E-state index is 0.00207. The number of fused-ring (bicyclic) bond motifs is 2. The number of aliphatic hydroxyl groups is 1. The Hall–Kier alpha value is -7.50. The smallest absolute Gasteiger partial charge is 0.148 e. The van der Waals surface area contributed by atoms with Crippen molar-refractivity contribution in [3.05, 3.63) is 167 Å². The Morgan fingerprint density at radius 1 is 0.552 bits per heavy atom. The van der Waals surface area contributed by atoms with Crippen molar-refractivity contribution in [1.82, 2.24) is 19.1 Å².